The van der Waals surface area contributed by atoms with Crippen LogP contribution in [0.1, 0.15) is 42.2 Å². The highest BCUT2D eigenvalue weighted by atomic mass is 19.4. The van der Waals surface area contributed by atoms with Gasteiger partial charge in [0.05, 0.1) is 6.04 Å². The molecule has 27 heavy (non-hydrogen) atoms. The number of hydrogen-bond acceptors (Lipinski definition) is 4. The zero-order valence-corrected chi connectivity index (χ0v) is 15.0. The van der Waals surface area contributed by atoms with Crippen LogP contribution >= 0.6 is 0 Å². The highest BCUT2D eigenvalue weighted by Gasteiger charge is 2.43. The molecule has 3 heterocycles. The van der Waals surface area contributed by atoms with Gasteiger partial charge < -0.3 is 15.5 Å². The average molecular weight is 387 g/mol. The molecule has 2 aliphatic rings. The predicted octanol–water partition coefficient (Wildman–Crippen LogP) is 1.34. The Kier molecular flexibility index (Phi) is 6.03. The molecule has 0 aliphatic carbocycles. The lowest BCUT2D eigenvalue weighted by atomic mass is 9.96. The lowest BCUT2D eigenvalue weighted by Gasteiger charge is -2.32. The summed E-state index contributed by atoms with van der Waals surface area (Å²) in [5.74, 6) is -2.02. The molecular formula is C17H24F3N5O2. The second-order valence-corrected chi connectivity index (χ2v) is 7.12. The summed E-state index contributed by atoms with van der Waals surface area (Å²) in [4.78, 5) is 24.3. The quantitative estimate of drug-likeness (QED) is 0.817. The molecule has 1 aromatic rings. The molecule has 0 bridgehead atoms. The summed E-state index contributed by atoms with van der Waals surface area (Å²) in [7, 11) is 0. The topological polar surface area (TPSA) is 79.3 Å². The molecule has 2 fully saturated rings. The van der Waals surface area contributed by atoms with Gasteiger partial charge in [0.2, 0.25) is 0 Å². The Morgan fingerprint density at radius 2 is 2.00 bits per heavy atom. The summed E-state index contributed by atoms with van der Waals surface area (Å²) >= 11 is 0. The van der Waals surface area contributed by atoms with Crippen LogP contribution in [0.3, 0.4) is 0 Å². The first-order chi connectivity index (χ1) is 12.8. The van der Waals surface area contributed by atoms with Gasteiger partial charge in [0.25, 0.3) is 5.91 Å². The lowest BCUT2D eigenvalue weighted by molar-refractivity contribution is -0.186. The van der Waals surface area contributed by atoms with E-state index in [4.69, 9.17) is 0 Å². The van der Waals surface area contributed by atoms with Crippen LogP contribution in [0.25, 0.3) is 0 Å². The molecule has 2 N–H and O–H groups in total. The van der Waals surface area contributed by atoms with Crippen molar-refractivity contribution >= 4 is 11.8 Å². The summed E-state index contributed by atoms with van der Waals surface area (Å²) < 4.78 is 39.2. The third-order valence-electron chi connectivity index (χ3n) is 5.18. The maximum Gasteiger partial charge on any atom is 0.471 e. The summed E-state index contributed by atoms with van der Waals surface area (Å²) in [5, 5.41) is 10.5. The number of aromatic nitrogens is 2. The van der Waals surface area contributed by atoms with Gasteiger partial charge in [-0.25, -0.2) is 0 Å². The minimum Gasteiger partial charge on any atom is -0.350 e. The third-order valence-corrected chi connectivity index (χ3v) is 5.18. The number of alkyl halides is 3. The van der Waals surface area contributed by atoms with Gasteiger partial charge in [-0.1, -0.05) is 0 Å². The summed E-state index contributed by atoms with van der Waals surface area (Å²) in [6.07, 6.45) is -0.0668. The average Bonchev–Trinajstić information content (AvgIpc) is 3.16. The normalized spacial score (nSPS) is 21.9. The Morgan fingerprint density at radius 3 is 2.63 bits per heavy atom. The van der Waals surface area contributed by atoms with Gasteiger partial charge in [-0.3, -0.25) is 14.3 Å². The van der Waals surface area contributed by atoms with Crippen molar-refractivity contribution in [2.45, 2.75) is 37.9 Å². The van der Waals surface area contributed by atoms with E-state index < -0.39 is 12.1 Å². The maximum atomic E-state index is 12.4. The number of rotatable bonds is 4. The Balaban J connectivity index is 1.44. The van der Waals surface area contributed by atoms with Gasteiger partial charge in [-0.2, -0.15) is 18.3 Å². The highest BCUT2D eigenvalue weighted by molar-refractivity contribution is 5.92. The van der Waals surface area contributed by atoms with E-state index in [9.17, 15) is 22.8 Å². The number of carbonyl (C=O) groups is 2. The van der Waals surface area contributed by atoms with E-state index in [1.807, 2.05) is 4.68 Å². The highest BCUT2D eigenvalue weighted by Crippen LogP contribution is 2.23. The molecule has 1 aromatic heterocycles. The minimum atomic E-state index is -4.83. The van der Waals surface area contributed by atoms with Gasteiger partial charge in [0.1, 0.15) is 5.69 Å². The fourth-order valence-corrected chi connectivity index (χ4v) is 3.57. The Morgan fingerprint density at radius 1 is 1.26 bits per heavy atom. The van der Waals surface area contributed by atoms with E-state index in [2.05, 4.69) is 15.7 Å². The molecule has 150 valence electrons. The second kappa shape index (κ2) is 8.28. The molecule has 0 aromatic carbocycles. The SMILES string of the molecule is O=C(NCC1CCN(C(=O)C(F)(F)F)CC1)c1ccn(C2CCCNC2)n1. The molecule has 3 rings (SSSR count). The molecule has 1 atom stereocenters. The summed E-state index contributed by atoms with van der Waals surface area (Å²) in [5.41, 5.74) is 0.338. The Hall–Kier alpha value is -2.10. The first-order valence-corrected chi connectivity index (χ1v) is 9.25. The van der Waals surface area contributed by atoms with Gasteiger partial charge in [0.15, 0.2) is 0 Å². The van der Waals surface area contributed by atoms with Crippen molar-refractivity contribution < 1.29 is 22.8 Å². The third kappa shape index (κ3) is 5.00. The number of halogens is 3. The molecule has 1 unspecified atom stereocenters. The number of amides is 2. The van der Waals surface area contributed by atoms with Crippen LogP contribution < -0.4 is 10.6 Å². The summed E-state index contributed by atoms with van der Waals surface area (Å²) in [6.45, 7) is 2.31. The standard InChI is InChI=1S/C17H24F3N5O2/c18-17(19,20)16(27)24-7-3-12(4-8-24)10-22-15(26)14-5-9-25(23-14)13-2-1-6-21-11-13/h5,9,12-13,21H,1-4,6-8,10-11H2,(H,22,26). The smallest absolute Gasteiger partial charge is 0.350 e. The molecule has 10 heteroatoms. The van der Waals surface area contributed by atoms with Crippen molar-refractivity contribution in [3.8, 4) is 0 Å². The van der Waals surface area contributed by atoms with Gasteiger partial charge in [-0.15, -0.1) is 0 Å². The molecular weight excluding hydrogens is 363 g/mol. The van der Waals surface area contributed by atoms with Crippen molar-refractivity contribution in [3.05, 3.63) is 18.0 Å². The zero-order valence-electron chi connectivity index (χ0n) is 15.0. The van der Waals surface area contributed by atoms with Crippen LogP contribution in [0.4, 0.5) is 13.2 Å². The number of likely N-dealkylation sites (tertiary alicyclic amines) is 1. The van der Waals surface area contributed by atoms with E-state index in [1.54, 1.807) is 12.3 Å². The molecule has 0 saturated carbocycles. The molecule has 2 amide bonds. The van der Waals surface area contributed by atoms with Crippen LogP contribution in [0.15, 0.2) is 12.3 Å². The van der Waals surface area contributed by atoms with E-state index in [0.29, 0.717) is 25.1 Å². The van der Waals surface area contributed by atoms with Gasteiger partial charge in [0, 0.05) is 32.4 Å². The van der Waals surface area contributed by atoms with E-state index in [0.717, 1.165) is 30.8 Å². The predicted molar refractivity (Wildman–Crippen MR) is 91.1 cm³/mol. The van der Waals surface area contributed by atoms with Crippen molar-refractivity contribution in [3.63, 3.8) is 0 Å². The molecule has 2 saturated heterocycles. The second-order valence-electron chi connectivity index (χ2n) is 7.12. The number of hydrogen-bond donors (Lipinski definition) is 2. The monoisotopic (exact) mass is 387 g/mol. The fourth-order valence-electron chi connectivity index (χ4n) is 3.57. The molecule has 7 nitrogen and oxygen atoms in total. The fraction of sp³-hybridized carbons (Fsp3) is 0.706. The van der Waals surface area contributed by atoms with Crippen molar-refractivity contribution in [1.29, 1.82) is 0 Å². The number of piperidine rings is 2. The van der Waals surface area contributed by atoms with Crippen molar-refractivity contribution in [2.75, 3.05) is 32.7 Å². The van der Waals surface area contributed by atoms with E-state index in [-0.39, 0.29) is 31.0 Å². The molecule has 2 aliphatic heterocycles. The van der Waals surface area contributed by atoms with Crippen molar-refractivity contribution in [1.82, 2.24) is 25.3 Å². The lowest BCUT2D eigenvalue weighted by Crippen LogP contribution is -2.46. The Bertz CT molecular complexity index is 662. The largest absolute Gasteiger partial charge is 0.471 e. The van der Waals surface area contributed by atoms with Gasteiger partial charge >= 0.3 is 12.1 Å². The maximum absolute atomic E-state index is 12.4. The zero-order chi connectivity index (χ0) is 19.4. The number of nitrogens with zero attached hydrogens (tertiary/aromatic N) is 3. The van der Waals surface area contributed by atoms with E-state index in [1.165, 1.54) is 0 Å². The van der Waals surface area contributed by atoms with Crippen LogP contribution in [0.2, 0.25) is 0 Å². The summed E-state index contributed by atoms with van der Waals surface area (Å²) in [6, 6.07) is 1.92. The first kappa shape index (κ1) is 19.7. The van der Waals surface area contributed by atoms with Crippen LogP contribution in [0.5, 0.6) is 0 Å². The first-order valence-electron chi connectivity index (χ1n) is 9.25. The van der Waals surface area contributed by atoms with Crippen molar-refractivity contribution in [2.24, 2.45) is 5.92 Å². The molecule has 0 radical (unpaired) electrons. The van der Waals surface area contributed by atoms with Crippen LogP contribution in [0, 0.1) is 5.92 Å². The Labute approximate surface area is 155 Å². The van der Waals surface area contributed by atoms with Crippen LogP contribution in [-0.4, -0.2) is 65.4 Å². The number of carbonyl (C=O) groups excluding carboxylic acids is 2. The van der Waals surface area contributed by atoms with Crippen LogP contribution in [-0.2, 0) is 4.79 Å². The minimum absolute atomic E-state index is 0.0517. The molecule has 0 spiro atoms. The van der Waals surface area contributed by atoms with E-state index >= 15 is 0 Å². The number of nitrogens with one attached hydrogen (secondary N) is 2. The van der Waals surface area contributed by atoms with Gasteiger partial charge in [-0.05, 0) is 44.2 Å².